The molecule has 0 aliphatic rings. The molecule has 0 amide bonds. The molecule has 0 atom stereocenters. The Bertz CT molecular complexity index is 717. The second-order valence-electron chi connectivity index (χ2n) is 5.74. The molecule has 112 valence electrons. The van der Waals surface area contributed by atoms with Gasteiger partial charge in [0, 0.05) is 0 Å². The van der Waals surface area contributed by atoms with Gasteiger partial charge in [-0.3, -0.25) is 0 Å². The topological polar surface area (TPSA) is 0 Å². The van der Waals surface area contributed by atoms with Crippen molar-refractivity contribution in [2.75, 3.05) is 0 Å². The van der Waals surface area contributed by atoms with Crippen molar-refractivity contribution in [2.45, 2.75) is 26.7 Å². The summed E-state index contributed by atoms with van der Waals surface area (Å²) >= 11 is 0. The summed E-state index contributed by atoms with van der Waals surface area (Å²) in [6.07, 6.45) is 3.76. The second kappa shape index (κ2) is 7.09. The first kappa shape index (κ1) is 16.0. The third-order valence-electron chi connectivity index (χ3n) is 3.99. The summed E-state index contributed by atoms with van der Waals surface area (Å²) in [6.45, 7) is 16.3. The third-order valence-corrected chi connectivity index (χ3v) is 3.99. The van der Waals surface area contributed by atoms with Crippen LogP contribution in [0.5, 0.6) is 0 Å². The predicted molar refractivity (Wildman–Crippen MR) is 99.8 cm³/mol. The fourth-order valence-electron chi connectivity index (χ4n) is 2.60. The van der Waals surface area contributed by atoms with E-state index in [0.717, 1.165) is 24.0 Å². The van der Waals surface area contributed by atoms with E-state index in [2.05, 4.69) is 76.0 Å². The van der Waals surface area contributed by atoms with Crippen molar-refractivity contribution in [1.82, 2.24) is 0 Å². The molecule has 0 spiro atoms. The number of benzene rings is 2. The fraction of sp³-hybridized carbons (Fsp3) is 0.182. The summed E-state index contributed by atoms with van der Waals surface area (Å²) in [6, 6.07) is 15.1. The summed E-state index contributed by atoms with van der Waals surface area (Å²) in [7, 11) is 0. The number of rotatable bonds is 6. The second-order valence-corrected chi connectivity index (χ2v) is 5.74. The normalized spacial score (nSPS) is 10.3. The van der Waals surface area contributed by atoms with Crippen molar-refractivity contribution in [3.8, 4) is 0 Å². The highest BCUT2D eigenvalue weighted by Crippen LogP contribution is 2.24. The fourth-order valence-corrected chi connectivity index (χ4v) is 2.60. The van der Waals surface area contributed by atoms with Crippen molar-refractivity contribution < 1.29 is 0 Å². The predicted octanol–water partition coefficient (Wildman–Crippen LogP) is 6.38. The van der Waals surface area contributed by atoms with Gasteiger partial charge in [-0.15, -0.1) is 0 Å². The lowest BCUT2D eigenvalue weighted by Gasteiger charge is -2.12. The van der Waals surface area contributed by atoms with Gasteiger partial charge in [-0.2, -0.15) is 0 Å². The Kier molecular flexibility index (Phi) is 5.16. The Morgan fingerprint density at radius 1 is 1.09 bits per heavy atom. The number of hydrogen-bond donors (Lipinski definition) is 0. The zero-order valence-electron chi connectivity index (χ0n) is 13.7. The van der Waals surface area contributed by atoms with Gasteiger partial charge in [0.05, 0.1) is 0 Å². The number of hydrogen-bond acceptors (Lipinski definition) is 0. The molecule has 0 N–H and O–H groups in total. The van der Waals surface area contributed by atoms with Gasteiger partial charge >= 0.3 is 0 Å². The molecule has 0 bridgehead atoms. The molecule has 0 aliphatic heterocycles. The van der Waals surface area contributed by atoms with E-state index in [1.54, 1.807) is 0 Å². The molecule has 0 nitrogen and oxygen atoms in total. The van der Waals surface area contributed by atoms with Crippen LogP contribution in [0.15, 0.2) is 62.2 Å². The van der Waals surface area contributed by atoms with E-state index in [1.807, 2.05) is 6.08 Å². The van der Waals surface area contributed by atoms with Gasteiger partial charge < -0.3 is 0 Å². The Labute approximate surface area is 134 Å². The van der Waals surface area contributed by atoms with E-state index >= 15 is 0 Å². The SMILES string of the molecule is C=Cc1ccc(Cc2cccc(C(=C)CC)c2)c(C(=C)C)c1. The molecule has 0 heteroatoms. The molecule has 0 radical (unpaired) electrons. The van der Waals surface area contributed by atoms with Crippen LogP contribution in [0.1, 0.15) is 48.1 Å². The zero-order valence-corrected chi connectivity index (χ0v) is 13.7. The van der Waals surface area contributed by atoms with E-state index < -0.39 is 0 Å². The molecular formula is C22H24. The van der Waals surface area contributed by atoms with Crippen LogP contribution in [-0.4, -0.2) is 0 Å². The van der Waals surface area contributed by atoms with Crippen molar-refractivity contribution >= 4 is 17.2 Å². The van der Waals surface area contributed by atoms with E-state index in [0.29, 0.717) is 0 Å². The van der Waals surface area contributed by atoms with Crippen LogP contribution >= 0.6 is 0 Å². The highest BCUT2D eigenvalue weighted by Gasteiger charge is 2.06. The first-order valence-electron chi connectivity index (χ1n) is 7.73. The van der Waals surface area contributed by atoms with Crippen LogP contribution in [0.2, 0.25) is 0 Å². The molecule has 2 aromatic rings. The average molecular weight is 288 g/mol. The maximum atomic E-state index is 4.13. The minimum Gasteiger partial charge on any atom is -0.0985 e. The van der Waals surface area contributed by atoms with Crippen LogP contribution in [0, 0.1) is 0 Å². The molecule has 2 rings (SSSR count). The van der Waals surface area contributed by atoms with Gasteiger partial charge in [0.2, 0.25) is 0 Å². The van der Waals surface area contributed by atoms with Crippen molar-refractivity contribution in [2.24, 2.45) is 0 Å². The number of allylic oxidation sites excluding steroid dienone is 2. The van der Waals surface area contributed by atoms with Crippen molar-refractivity contribution in [3.63, 3.8) is 0 Å². The molecule has 0 aromatic heterocycles. The molecule has 0 saturated carbocycles. The first-order valence-corrected chi connectivity index (χ1v) is 7.73. The smallest absolute Gasteiger partial charge is 0.00195 e. The third kappa shape index (κ3) is 3.65. The van der Waals surface area contributed by atoms with Crippen LogP contribution < -0.4 is 0 Å². The molecule has 0 fully saturated rings. The van der Waals surface area contributed by atoms with Gasteiger partial charge in [-0.05, 0) is 59.2 Å². The summed E-state index contributed by atoms with van der Waals surface area (Å²) in [5.41, 5.74) is 8.47. The largest absolute Gasteiger partial charge is 0.0985 e. The van der Waals surface area contributed by atoms with Gasteiger partial charge in [0.1, 0.15) is 0 Å². The van der Waals surface area contributed by atoms with E-state index in [9.17, 15) is 0 Å². The highest BCUT2D eigenvalue weighted by atomic mass is 14.1. The minimum absolute atomic E-state index is 0.907. The Hall–Kier alpha value is -2.34. The summed E-state index contributed by atoms with van der Waals surface area (Å²) < 4.78 is 0. The van der Waals surface area contributed by atoms with E-state index in [4.69, 9.17) is 0 Å². The summed E-state index contributed by atoms with van der Waals surface area (Å²) in [5, 5.41) is 0. The molecular weight excluding hydrogens is 264 g/mol. The minimum atomic E-state index is 0.907. The standard InChI is InChI=1S/C22H24/c1-6-17(5)20-10-8-9-19(13-20)14-21-12-11-18(7-2)15-22(21)16(3)4/h7-13,15H,2-3,5-6,14H2,1,4H3. The van der Waals surface area contributed by atoms with Crippen molar-refractivity contribution in [1.29, 1.82) is 0 Å². The lowest BCUT2D eigenvalue weighted by molar-refractivity contribution is 1.17. The Morgan fingerprint density at radius 2 is 1.86 bits per heavy atom. The Morgan fingerprint density at radius 3 is 2.50 bits per heavy atom. The van der Waals surface area contributed by atoms with Crippen LogP contribution in [0.3, 0.4) is 0 Å². The maximum absolute atomic E-state index is 4.13. The summed E-state index contributed by atoms with van der Waals surface area (Å²) in [5.74, 6) is 0. The Balaban J connectivity index is 2.36. The average Bonchev–Trinajstić information content (AvgIpc) is 2.54. The molecule has 0 saturated heterocycles. The quantitative estimate of drug-likeness (QED) is 0.578. The lowest BCUT2D eigenvalue weighted by Crippen LogP contribution is -1.95. The molecule has 22 heavy (non-hydrogen) atoms. The van der Waals surface area contributed by atoms with Crippen LogP contribution in [0.25, 0.3) is 17.2 Å². The van der Waals surface area contributed by atoms with Crippen LogP contribution in [-0.2, 0) is 6.42 Å². The molecule has 2 aromatic carbocycles. The first-order chi connectivity index (χ1) is 10.5. The summed E-state index contributed by atoms with van der Waals surface area (Å²) in [4.78, 5) is 0. The monoisotopic (exact) mass is 288 g/mol. The molecule has 0 unspecified atom stereocenters. The molecule has 0 aliphatic carbocycles. The van der Waals surface area contributed by atoms with Gasteiger partial charge in [-0.1, -0.05) is 74.7 Å². The maximum Gasteiger partial charge on any atom is -0.00195 e. The highest BCUT2D eigenvalue weighted by molar-refractivity contribution is 5.69. The van der Waals surface area contributed by atoms with Crippen molar-refractivity contribution in [3.05, 3.63) is 90.0 Å². The molecule has 0 heterocycles. The van der Waals surface area contributed by atoms with Gasteiger partial charge in [0.15, 0.2) is 0 Å². The van der Waals surface area contributed by atoms with Gasteiger partial charge in [-0.25, -0.2) is 0 Å². The van der Waals surface area contributed by atoms with Gasteiger partial charge in [0.25, 0.3) is 0 Å². The lowest BCUT2D eigenvalue weighted by atomic mass is 9.93. The zero-order chi connectivity index (χ0) is 16.1. The van der Waals surface area contributed by atoms with Crippen LogP contribution in [0.4, 0.5) is 0 Å². The van der Waals surface area contributed by atoms with E-state index in [-0.39, 0.29) is 0 Å². The van der Waals surface area contributed by atoms with E-state index in [1.165, 1.54) is 27.8 Å².